The Labute approximate surface area is 122 Å². The van der Waals surface area contributed by atoms with Gasteiger partial charge in [-0.1, -0.05) is 12.1 Å². The third kappa shape index (κ3) is 6.54. The molecule has 4 N–H and O–H groups in total. The van der Waals surface area contributed by atoms with Crippen molar-refractivity contribution >= 4 is 16.2 Å². The zero-order valence-electron chi connectivity index (χ0n) is 11.4. The first kappa shape index (κ1) is 17.4. The molecule has 0 spiro atoms. The van der Waals surface area contributed by atoms with Crippen LogP contribution in [0, 0.1) is 0 Å². The van der Waals surface area contributed by atoms with Crippen LogP contribution in [0.3, 0.4) is 0 Å². The van der Waals surface area contributed by atoms with Crippen molar-refractivity contribution in [2.75, 3.05) is 20.3 Å². The molecular weight excluding hydrogens is 300 g/mol. The molecule has 0 saturated heterocycles. The number of rotatable bonds is 9. The SMILES string of the molecule is COCCNS(=O)(=O)N[C@@H](Cc1ccc(O)cc1)C(=O)O. The van der Waals surface area contributed by atoms with E-state index < -0.39 is 22.2 Å². The molecule has 0 radical (unpaired) electrons. The maximum atomic E-state index is 11.7. The van der Waals surface area contributed by atoms with Crippen molar-refractivity contribution in [2.24, 2.45) is 0 Å². The number of aromatic hydroxyl groups is 1. The van der Waals surface area contributed by atoms with Gasteiger partial charge < -0.3 is 14.9 Å². The quantitative estimate of drug-likeness (QED) is 0.453. The molecule has 0 aliphatic carbocycles. The molecule has 0 aliphatic rings. The van der Waals surface area contributed by atoms with Crippen LogP contribution in [0.2, 0.25) is 0 Å². The third-order valence-electron chi connectivity index (χ3n) is 2.57. The summed E-state index contributed by atoms with van der Waals surface area (Å²) in [5.74, 6) is -1.24. The molecule has 0 aromatic heterocycles. The Balaban J connectivity index is 2.69. The number of hydrogen-bond acceptors (Lipinski definition) is 5. The fraction of sp³-hybridized carbons (Fsp3) is 0.417. The van der Waals surface area contributed by atoms with E-state index in [2.05, 4.69) is 9.44 Å². The van der Waals surface area contributed by atoms with E-state index in [0.717, 1.165) is 0 Å². The number of benzene rings is 1. The van der Waals surface area contributed by atoms with E-state index in [-0.39, 0.29) is 25.3 Å². The summed E-state index contributed by atoms with van der Waals surface area (Å²) in [5.41, 5.74) is 0.583. The van der Waals surface area contributed by atoms with Crippen LogP contribution in [0.1, 0.15) is 5.56 Å². The lowest BCUT2D eigenvalue weighted by molar-refractivity contribution is -0.138. The van der Waals surface area contributed by atoms with Gasteiger partial charge in [0.05, 0.1) is 6.61 Å². The second-order valence-electron chi connectivity index (χ2n) is 4.27. The highest BCUT2D eigenvalue weighted by Crippen LogP contribution is 2.11. The van der Waals surface area contributed by atoms with Gasteiger partial charge in [-0.15, -0.1) is 0 Å². The zero-order valence-corrected chi connectivity index (χ0v) is 12.3. The minimum Gasteiger partial charge on any atom is -0.508 e. The summed E-state index contributed by atoms with van der Waals surface area (Å²) in [7, 11) is -2.51. The van der Waals surface area contributed by atoms with Crippen LogP contribution in [0.5, 0.6) is 5.75 Å². The third-order valence-corrected chi connectivity index (χ3v) is 3.75. The summed E-state index contributed by atoms with van der Waals surface area (Å²) < 4.78 is 32.3. The molecule has 1 rings (SSSR count). The zero-order chi connectivity index (χ0) is 15.9. The number of nitrogens with one attached hydrogen (secondary N) is 2. The van der Waals surface area contributed by atoms with Crippen LogP contribution in [-0.4, -0.2) is 50.9 Å². The standard InChI is InChI=1S/C12H18N2O6S/c1-20-7-6-13-21(18,19)14-11(12(16)17)8-9-2-4-10(15)5-3-9/h2-5,11,13-15H,6-8H2,1H3,(H,16,17)/t11-/m0/s1. The predicted molar refractivity (Wildman–Crippen MR) is 75.2 cm³/mol. The Kier molecular flexibility index (Phi) is 6.56. The summed E-state index contributed by atoms with van der Waals surface area (Å²) in [6.07, 6.45) is -0.0409. The molecule has 1 aromatic carbocycles. The van der Waals surface area contributed by atoms with Gasteiger partial charge in [-0.05, 0) is 24.1 Å². The number of carbonyl (C=O) groups is 1. The lowest BCUT2D eigenvalue weighted by Gasteiger charge is -2.15. The van der Waals surface area contributed by atoms with E-state index in [1.54, 1.807) is 0 Å². The number of phenols is 1. The van der Waals surface area contributed by atoms with Crippen molar-refractivity contribution in [1.82, 2.24) is 9.44 Å². The van der Waals surface area contributed by atoms with Crippen LogP contribution in [0.25, 0.3) is 0 Å². The number of phenolic OH excluding ortho intramolecular Hbond substituents is 1. The van der Waals surface area contributed by atoms with Gasteiger partial charge >= 0.3 is 5.97 Å². The van der Waals surface area contributed by atoms with E-state index >= 15 is 0 Å². The Morgan fingerprint density at radius 1 is 1.33 bits per heavy atom. The topological polar surface area (TPSA) is 125 Å². The fourth-order valence-electron chi connectivity index (χ4n) is 1.55. The minimum atomic E-state index is -3.94. The van der Waals surface area contributed by atoms with Gasteiger partial charge in [0.1, 0.15) is 11.8 Å². The second-order valence-corrected chi connectivity index (χ2v) is 5.80. The number of carboxylic acids is 1. The summed E-state index contributed by atoms with van der Waals surface area (Å²) in [5, 5.41) is 18.3. The lowest BCUT2D eigenvalue weighted by atomic mass is 10.1. The molecule has 8 nitrogen and oxygen atoms in total. The number of hydrogen-bond donors (Lipinski definition) is 4. The Hall–Kier alpha value is -1.68. The highest BCUT2D eigenvalue weighted by Gasteiger charge is 2.23. The number of aliphatic carboxylic acids is 1. The summed E-state index contributed by atoms with van der Waals surface area (Å²) in [6.45, 7) is 0.216. The normalized spacial score (nSPS) is 13.0. The molecular formula is C12H18N2O6S. The molecule has 0 amide bonds. The molecule has 0 heterocycles. The Morgan fingerprint density at radius 3 is 2.48 bits per heavy atom. The van der Waals surface area contributed by atoms with Gasteiger partial charge in [0.25, 0.3) is 10.2 Å². The molecule has 21 heavy (non-hydrogen) atoms. The molecule has 118 valence electrons. The van der Waals surface area contributed by atoms with Crippen molar-refractivity contribution in [1.29, 1.82) is 0 Å². The van der Waals surface area contributed by atoms with Crippen molar-refractivity contribution in [3.63, 3.8) is 0 Å². The van der Waals surface area contributed by atoms with Crippen molar-refractivity contribution < 1.29 is 28.2 Å². The van der Waals surface area contributed by atoms with E-state index in [4.69, 9.17) is 14.9 Å². The van der Waals surface area contributed by atoms with E-state index in [9.17, 15) is 13.2 Å². The first-order chi connectivity index (χ1) is 9.84. The number of ether oxygens (including phenoxy) is 1. The number of methoxy groups -OCH3 is 1. The Bertz CT molecular complexity index is 558. The first-order valence-corrected chi connectivity index (χ1v) is 7.59. The monoisotopic (exact) mass is 318 g/mol. The van der Waals surface area contributed by atoms with Crippen LogP contribution in [0.4, 0.5) is 0 Å². The minimum absolute atomic E-state index is 0.0391. The van der Waals surface area contributed by atoms with Gasteiger partial charge in [0, 0.05) is 13.7 Å². The largest absolute Gasteiger partial charge is 0.508 e. The summed E-state index contributed by atoms with van der Waals surface area (Å²) in [4.78, 5) is 11.1. The average molecular weight is 318 g/mol. The van der Waals surface area contributed by atoms with Crippen molar-refractivity contribution in [2.45, 2.75) is 12.5 Å². The maximum absolute atomic E-state index is 11.7. The van der Waals surface area contributed by atoms with E-state index in [1.165, 1.54) is 31.4 Å². The molecule has 1 atom stereocenters. The average Bonchev–Trinajstić information content (AvgIpc) is 2.40. The van der Waals surface area contributed by atoms with Gasteiger partial charge in [0.15, 0.2) is 0 Å². The molecule has 1 aromatic rings. The predicted octanol–water partition coefficient (Wildman–Crippen LogP) is -0.542. The van der Waals surface area contributed by atoms with Crippen LogP contribution >= 0.6 is 0 Å². The van der Waals surface area contributed by atoms with Gasteiger partial charge in [-0.25, -0.2) is 0 Å². The highest BCUT2D eigenvalue weighted by atomic mass is 32.2. The molecule has 0 bridgehead atoms. The first-order valence-electron chi connectivity index (χ1n) is 6.10. The van der Waals surface area contributed by atoms with E-state index in [1.807, 2.05) is 0 Å². The van der Waals surface area contributed by atoms with Crippen LogP contribution < -0.4 is 9.44 Å². The van der Waals surface area contributed by atoms with Crippen molar-refractivity contribution in [3.8, 4) is 5.75 Å². The van der Waals surface area contributed by atoms with Gasteiger partial charge in [-0.2, -0.15) is 17.9 Å². The van der Waals surface area contributed by atoms with Crippen molar-refractivity contribution in [3.05, 3.63) is 29.8 Å². The molecule has 0 fully saturated rings. The lowest BCUT2D eigenvalue weighted by Crippen LogP contribution is -2.48. The highest BCUT2D eigenvalue weighted by molar-refractivity contribution is 7.87. The molecule has 0 saturated carbocycles. The summed E-state index contributed by atoms with van der Waals surface area (Å²) in [6, 6.07) is 4.55. The smallest absolute Gasteiger partial charge is 0.322 e. The van der Waals surface area contributed by atoms with Crippen LogP contribution in [-0.2, 0) is 26.2 Å². The molecule has 9 heteroatoms. The fourth-order valence-corrected chi connectivity index (χ4v) is 2.55. The van der Waals surface area contributed by atoms with Crippen LogP contribution in [0.15, 0.2) is 24.3 Å². The number of carboxylic acid groups (broad SMARTS) is 1. The summed E-state index contributed by atoms with van der Waals surface area (Å²) >= 11 is 0. The molecule has 0 aliphatic heterocycles. The Morgan fingerprint density at radius 2 is 1.95 bits per heavy atom. The molecule has 0 unspecified atom stereocenters. The van der Waals surface area contributed by atoms with Gasteiger partial charge in [-0.3, -0.25) is 4.79 Å². The second kappa shape index (κ2) is 7.93. The van der Waals surface area contributed by atoms with E-state index in [0.29, 0.717) is 5.56 Å². The van der Waals surface area contributed by atoms with Gasteiger partial charge in [0.2, 0.25) is 0 Å². The maximum Gasteiger partial charge on any atom is 0.322 e.